The van der Waals surface area contributed by atoms with E-state index >= 15 is 0 Å². The Hall–Kier alpha value is -2.25. The van der Waals surface area contributed by atoms with E-state index in [1.165, 1.54) is 23.5 Å². The summed E-state index contributed by atoms with van der Waals surface area (Å²) in [6.45, 7) is 4.13. The summed E-state index contributed by atoms with van der Waals surface area (Å²) in [7, 11) is 0. The second kappa shape index (κ2) is 6.10. The fraction of sp³-hybridized carbons (Fsp3) is 0.250. The molecule has 0 aliphatic rings. The number of nitrogens with zero attached hydrogens (tertiary/aromatic N) is 2. The maximum absolute atomic E-state index is 13.1. The summed E-state index contributed by atoms with van der Waals surface area (Å²) in [5.74, 6) is -0.440. The van der Waals surface area contributed by atoms with Gasteiger partial charge in [-0.3, -0.25) is 4.79 Å². The number of amides is 1. The van der Waals surface area contributed by atoms with E-state index < -0.39 is 0 Å². The Bertz CT molecular complexity index is 853. The topological polar surface area (TPSA) is 72.9 Å². The smallest absolute Gasteiger partial charge is 0.261 e. The summed E-state index contributed by atoms with van der Waals surface area (Å²) in [6, 6.07) is 7.86. The number of halogens is 1. The van der Waals surface area contributed by atoms with Crippen LogP contribution in [0.3, 0.4) is 0 Å². The van der Waals surface area contributed by atoms with Crippen molar-refractivity contribution >= 4 is 27.5 Å². The zero-order chi connectivity index (χ0) is 16.6. The maximum atomic E-state index is 13.1. The molecule has 23 heavy (non-hydrogen) atoms. The van der Waals surface area contributed by atoms with Crippen LogP contribution < -0.4 is 11.1 Å². The van der Waals surface area contributed by atoms with Gasteiger partial charge in [-0.25, -0.2) is 9.07 Å². The Labute approximate surface area is 136 Å². The first-order valence-electron chi connectivity index (χ1n) is 7.25. The normalized spacial score (nSPS) is 12.5. The first-order valence-corrected chi connectivity index (χ1v) is 8.07. The lowest BCUT2D eigenvalue weighted by atomic mass is 10.3. The molecule has 1 amide bonds. The molecule has 3 aromatic rings. The van der Waals surface area contributed by atoms with Crippen molar-refractivity contribution in [3.8, 4) is 5.69 Å². The molecule has 120 valence electrons. The number of carbonyl (C=O) groups is 1. The average molecular weight is 332 g/mol. The number of benzene rings is 1. The molecule has 0 spiro atoms. The number of carbonyl (C=O) groups excluding carboxylic acids is 1. The predicted molar refractivity (Wildman–Crippen MR) is 89.6 cm³/mol. The van der Waals surface area contributed by atoms with Crippen LogP contribution in [0.15, 0.2) is 30.3 Å². The molecule has 0 aliphatic heterocycles. The summed E-state index contributed by atoms with van der Waals surface area (Å²) in [4.78, 5) is 13.7. The third kappa shape index (κ3) is 2.97. The molecular weight excluding hydrogens is 315 g/mol. The maximum Gasteiger partial charge on any atom is 0.261 e. The summed E-state index contributed by atoms with van der Waals surface area (Å²) in [6.07, 6.45) is 0. The van der Waals surface area contributed by atoms with Gasteiger partial charge in [0.25, 0.3) is 5.91 Å². The molecule has 3 N–H and O–H groups in total. The number of aryl methyl sites for hydroxylation is 1. The Kier molecular flexibility index (Phi) is 4.14. The van der Waals surface area contributed by atoms with E-state index in [1.807, 2.05) is 19.9 Å². The lowest BCUT2D eigenvalue weighted by Gasteiger charge is -2.09. The fourth-order valence-electron chi connectivity index (χ4n) is 2.27. The molecule has 1 atom stereocenters. The van der Waals surface area contributed by atoms with E-state index in [-0.39, 0.29) is 17.8 Å². The first-order chi connectivity index (χ1) is 11.0. The molecule has 0 bridgehead atoms. The van der Waals surface area contributed by atoms with Gasteiger partial charge in [-0.1, -0.05) is 0 Å². The molecule has 0 fully saturated rings. The number of rotatable bonds is 4. The van der Waals surface area contributed by atoms with E-state index in [1.54, 1.807) is 16.8 Å². The average Bonchev–Trinajstić information content (AvgIpc) is 3.09. The van der Waals surface area contributed by atoms with Gasteiger partial charge in [0.1, 0.15) is 10.6 Å². The van der Waals surface area contributed by atoms with E-state index in [0.717, 1.165) is 21.6 Å². The number of hydrogen-bond donors (Lipinski definition) is 2. The van der Waals surface area contributed by atoms with E-state index in [4.69, 9.17) is 5.73 Å². The minimum absolute atomic E-state index is 0.0811. The minimum Gasteiger partial charge on any atom is -0.348 e. The largest absolute Gasteiger partial charge is 0.348 e. The van der Waals surface area contributed by atoms with Crippen LogP contribution in [0.4, 0.5) is 4.39 Å². The summed E-state index contributed by atoms with van der Waals surface area (Å²) >= 11 is 1.36. The zero-order valence-corrected chi connectivity index (χ0v) is 13.7. The summed E-state index contributed by atoms with van der Waals surface area (Å²) < 4.78 is 14.8. The van der Waals surface area contributed by atoms with Gasteiger partial charge in [-0.15, -0.1) is 11.3 Å². The number of hydrogen-bond acceptors (Lipinski definition) is 4. The SMILES string of the molecule is Cc1nn(-c2ccc(F)cc2)c2sc(C(=O)N[C@@H](C)CN)cc12. The van der Waals surface area contributed by atoms with Crippen molar-refractivity contribution in [1.29, 1.82) is 0 Å². The third-order valence-corrected chi connectivity index (χ3v) is 4.68. The van der Waals surface area contributed by atoms with Gasteiger partial charge in [-0.2, -0.15) is 5.10 Å². The highest BCUT2D eigenvalue weighted by Gasteiger charge is 2.18. The van der Waals surface area contributed by atoms with Crippen LogP contribution in [0.25, 0.3) is 15.9 Å². The highest BCUT2D eigenvalue weighted by atomic mass is 32.1. The second-order valence-electron chi connectivity index (χ2n) is 5.41. The molecule has 3 rings (SSSR count). The standard InChI is InChI=1S/C16H17FN4OS/c1-9(8-18)19-15(22)14-7-13-10(2)20-21(16(13)23-14)12-5-3-11(17)4-6-12/h3-7,9H,8,18H2,1-2H3,(H,19,22)/t9-/m0/s1. The zero-order valence-electron chi connectivity index (χ0n) is 12.8. The molecule has 1 aromatic carbocycles. The molecule has 2 aromatic heterocycles. The Balaban J connectivity index is 2.01. The first kappa shape index (κ1) is 15.6. The van der Waals surface area contributed by atoms with Crippen molar-refractivity contribution in [2.24, 2.45) is 5.73 Å². The van der Waals surface area contributed by atoms with Crippen LogP contribution in [0.1, 0.15) is 22.3 Å². The molecule has 0 saturated carbocycles. The Morgan fingerprint density at radius 3 is 2.78 bits per heavy atom. The number of aromatic nitrogens is 2. The molecule has 2 heterocycles. The molecule has 0 aliphatic carbocycles. The van der Waals surface area contributed by atoms with E-state index in [0.29, 0.717) is 11.4 Å². The lowest BCUT2D eigenvalue weighted by Crippen LogP contribution is -2.37. The van der Waals surface area contributed by atoms with Gasteiger partial charge in [0.2, 0.25) is 0 Å². The van der Waals surface area contributed by atoms with Crippen molar-refractivity contribution in [2.45, 2.75) is 19.9 Å². The van der Waals surface area contributed by atoms with E-state index in [9.17, 15) is 9.18 Å². The molecule has 0 unspecified atom stereocenters. The number of thiophene rings is 1. The molecule has 5 nitrogen and oxygen atoms in total. The molecule has 0 radical (unpaired) electrons. The number of nitrogens with two attached hydrogens (primary N) is 1. The quantitative estimate of drug-likeness (QED) is 0.771. The van der Waals surface area contributed by atoms with Crippen LogP contribution >= 0.6 is 11.3 Å². The van der Waals surface area contributed by atoms with Gasteiger partial charge in [-0.05, 0) is 44.2 Å². The number of nitrogens with one attached hydrogen (secondary N) is 1. The monoisotopic (exact) mass is 332 g/mol. The van der Waals surface area contributed by atoms with Crippen LogP contribution in [-0.2, 0) is 0 Å². The van der Waals surface area contributed by atoms with Crippen molar-refractivity contribution in [1.82, 2.24) is 15.1 Å². The minimum atomic E-state index is -0.295. The van der Waals surface area contributed by atoms with Crippen molar-refractivity contribution in [2.75, 3.05) is 6.54 Å². The molecular formula is C16H17FN4OS. The van der Waals surface area contributed by atoms with Gasteiger partial charge in [0, 0.05) is 18.0 Å². The van der Waals surface area contributed by atoms with Gasteiger partial charge in [0.05, 0.1) is 16.3 Å². The van der Waals surface area contributed by atoms with Crippen molar-refractivity contribution in [3.63, 3.8) is 0 Å². The lowest BCUT2D eigenvalue weighted by molar-refractivity contribution is 0.0945. The predicted octanol–water partition coefficient (Wildman–Crippen LogP) is 2.61. The Morgan fingerprint density at radius 2 is 2.13 bits per heavy atom. The highest BCUT2D eigenvalue weighted by molar-refractivity contribution is 7.20. The van der Waals surface area contributed by atoms with Crippen molar-refractivity contribution < 1.29 is 9.18 Å². The van der Waals surface area contributed by atoms with E-state index in [2.05, 4.69) is 10.4 Å². The van der Waals surface area contributed by atoms with Crippen molar-refractivity contribution in [3.05, 3.63) is 46.7 Å². The van der Waals surface area contributed by atoms with Gasteiger partial charge < -0.3 is 11.1 Å². The third-order valence-electron chi connectivity index (χ3n) is 3.57. The summed E-state index contributed by atoms with van der Waals surface area (Å²) in [5.41, 5.74) is 7.12. The molecule has 0 saturated heterocycles. The Morgan fingerprint density at radius 1 is 1.43 bits per heavy atom. The fourth-order valence-corrected chi connectivity index (χ4v) is 3.36. The second-order valence-corrected chi connectivity index (χ2v) is 6.44. The molecule has 7 heteroatoms. The highest BCUT2D eigenvalue weighted by Crippen LogP contribution is 2.30. The summed E-state index contributed by atoms with van der Waals surface area (Å²) in [5, 5.41) is 8.25. The van der Waals surface area contributed by atoms with Gasteiger partial charge >= 0.3 is 0 Å². The van der Waals surface area contributed by atoms with Crippen LogP contribution in [0, 0.1) is 12.7 Å². The van der Waals surface area contributed by atoms with Crippen LogP contribution in [0.5, 0.6) is 0 Å². The number of fused-ring (bicyclic) bond motifs is 1. The van der Waals surface area contributed by atoms with Gasteiger partial charge in [0.15, 0.2) is 0 Å². The van der Waals surface area contributed by atoms with Crippen LogP contribution in [-0.4, -0.2) is 28.3 Å². The van der Waals surface area contributed by atoms with Crippen LogP contribution in [0.2, 0.25) is 0 Å².